The molecule has 1 aromatic rings. The Balaban J connectivity index is 2.89. The Hall–Kier alpha value is -0.620. The van der Waals surface area contributed by atoms with Crippen molar-refractivity contribution in [2.45, 2.75) is 30.8 Å². The Morgan fingerprint density at radius 2 is 1.90 bits per heavy atom. The van der Waals surface area contributed by atoms with Crippen LogP contribution >= 0.6 is 11.6 Å². The third-order valence-corrected chi connectivity index (χ3v) is 5.08. The Kier molecular flexibility index (Phi) is 5.61. The maximum Gasteiger partial charge on any atom is 0.175 e. The van der Waals surface area contributed by atoms with Crippen LogP contribution in [0.5, 0.6) is 0 Å². The van der Waals surface area contributed by atoms with Gasteiger partial charge in [0.25, 0.3) is 0 Å². The predicted molar refractivity (Wildman–Crippen MR) is 84.0 cm³/mol. The first-order valence-electron chi connectivity index (χ1n) is 6.41. The molecule has 114 valence electrons. The van der Waals surface area contributed by atoms with Gasteiger partial charge in [0.05, 0.1) is 4.90 Å². The summed E-state index contributed by atoms with van der Waals surface area (Å²) in [6, 6.07) is 4.96. The third-order valence-electron chi connectivity index (χ3n) is 3.55. The number of halogens is 1. The van der Waals surface area contributed by atoms with Gasteiger partial charge in [0.15, 0.2) is 9.84 Å². The molecule has 0 radical (unpaired) electrons. The maximum atomic E-state index is 11.8. The number of hydrogen-bond donors (Lipinski definition) is 1. The van der Waals surface area contributed by atoms with Gasteiger partial charge in [-0.2, -0.15) is 0 Å². The minimum absolute atomic E-state index is 0.0213. The molecule has 4 nitrogen and oxygen atoms in total. The smallest absolute Gasteiger partial charge is 0.175 e. The van der Waals surface area contributed by atoms with Gasteiger partial charge < -0.3 is 10.2 Å². The minimum Gasteiger partial charge on any atom is -0.311 e. The Bertz CT molecular complexity index is 569. The van der Waals surface area contributed by atoms with Crippen LogP contribution in [0.4, 0.5) is 0 Å². The highest BCUT2D eigenvalue weighted by atomic mass is 35.5. The van der Waals surface area contributed by atoms with Crippen LogP contribution in [0.15, 0.2) is 23.1 Å². The molecular weight excluding hydrogens is 296 g/mol. The zero-order valence-electron chi connectivity index (χ0n) is 12.7. The van der Waals surface area contributed by atoms with Crippen molar-refractivity contribution in [3.8, 4) is 0 Å². The van der Waals surface area contributed by atoms with Crippen molar-refractivity contribution in [3.05, 3.63) is 28.8 Å². The van der Waals surface area contributed by atoms with Crippen LogP contribution in [0, 0.1) is 0 Å². The largest absolute Gasteiger partial charge is 0.311 e. The molecule has 0 aliphatic rings. The Morgan fingerprint density at radius 3 is 2.40 bits per heavy atom. The number of sulfone groups is 1. The lowest BCUT2D eigenvalue weighted by Gasteiger charge is -2.33. The summed E-state index contributed by atoms with van der Waals surface area (Å²) >= 11 is 6.13. The second kappa shape index (κ2) is 6.43. The number of nitrogens with zero attached hydrogens (tertiary/aromatic N) is 1. The van der Waals surface area contributed by atoms with Crippen molar-refractivity contribution in [1.29, 1.82) is 0 Å². The average Bonchev–Trinajstić information content (AvgIpc) is 2.29. The molecule has 0 unspecified atom stereocenters. The second-order valence-corrected chi connectivity index (χ2v) is 8.19. The fraction of sp³-hybridized carbons (Fsp3) is 0.571. The molecule has 0 spiro atoms. The number of likely N-dealkylation sites (N-methyl/N-ethyl adjacent to an activating group) is 1. The lowest BCUT2D eigenvalue weighted by Crippen LogP contribution is -2.46. The van der Waals surface area contributed by atoms with Crippen LogP contribution in [0.3, 0.4) is 0 Å². The molecule has 1 N–H and O–H groups in total. The average molecular weight is 319 g/mol. The quantitative estimate of drug-likeness (QED) is 0.873. The second-order valence-electron chi connectivity index (χ2n) is 5.80. The first kappa shape index (κ1) is 17.4. The van der Waals surface area contributed by atoms with E-state index in [2.05, 4.69) is 24.1 Å². The lowest BCUT2D eigenvalue weighted by molar-refractivity contribution is 0.189. The van der Waals surface area contributed by atoms with E-state index in [1.54, 1.807) is 18.2 Å². The van der Waals surface area contributed by atoms with Gasteiger partial charge in [-0.25, -0.2) is 8.42 Å². The van der Waals surface area contributed by atoms with Crippen molar-refractivity contribution in [3.63, 3.8) is 0 Å². The number of nitrogens with one attached hydrogen (secondary N) is 1. The molecule has 0 fully saturated rings. The van der Waals surface area contributed by atoms with E-state index < -0.39 is 9.84 Å². The minimum atomic E-state index is -3.27. The first-order chi connectivity index (χ1) is 9.05. The molecule has 0 atom stereocenters. The summed E-state index contributed by atoms with van der Waals surface area (Å²) in [5.41, 5.74) is 0.609. The van der Waals surface area contributed by atoms with Gasteiger partial charge in [-0.05, 0) is 40.1 Å². The standard InChI is InChI=1S/C14H23ClN2O2S/c1-14(2,17(3)4)10-16-9-11-12(15)7-6-8-13(11)20(5,18)19/h6-8,16H,9-10H2,1-5H3. The van der Waals surface area contributed by atoms with Crippen molar-refractivity contribution < 1.29 is 8.42 Å². The summed E-state index contributed by atoms with van der Waals surface area (Å²) < 4.78 is 23.6. The van der Waals surface area contributed by atoms with Gasteiger partial charge in [-0.15, -0.1) is 0 Å². The highest BCUT2D eigenvalue weighted by Crippen LogP contribution is 2.24. The lowest BCUT2D eigenvalue weighted by atomic mass is 10.0. The van der Waals surface area contributed by atoms with E-state index >= 15 is 0 Å². The highest BCUT2D eigenvalue weighted by molar-refractivity contribution is 7.90. The predicted octanol–water partition coefficient (Wildman–Crippen LogP) is 2.17. The van der Waals surface area contributed by atoms with Gasteiger partial charge in [-0.1, -0.05) is 17.7 Å². The van der Waals surface area contributed by atoms with Crippen LogP contribution in [0.25, 0.3) is 0 Å². The van der Waals surface area contributed by atoms with Crippen LogP contribution in [-0.4, -0.2) is 45.8 Å². The molecule has 0 heterocycles. The first-order valence-corrected chi connectivity index (χ1v) is 8.68. The molecule has 0 aromatic heterocycles. The summed E-state index contributed by atoms with van der Waals surface area (Å²) in [6.45, 7) is 5.39. The molecule has 0 amide bonds. The fourth-order valence-electron chi connectivity index (χ4n) is 1.71. The fourth-order valence-corrected chi connectivity index (χ4v) is 2.96. The van der Waals surface area contributed by atoms with E-state index in [0.717, 1.165) is 6.54 Å². The molecular formula is C14H23ClN2O2S. The summed E-state index contributed by atoms with van der Waals surface area (Å²) in [7, 11) is 0.753. The Labute approximate surface area is 127 Å². The van der Waals surface area contributed by atoms with Crippen LogP contribution in [0.2, 0.25) is 5.02 Å². The molecule has 1 rings (SSSR count). The van der Waals surface area contributed by atoms with E-state index in [0.29, 0.717) is 22.0 Å². The highest BCUT2D eigenvalue weighted by Gasteiger charge is 2.21. The number of hydrogen-bond acceptors (Lipinski definition) is 4. The molecule has 0 saturated heterocycles. The normalized spacial score (nSPS) is 12.9. The summed E-state index contributed by atoms with van der Waals surface area (Å²) in [6.07, 6.45) is 1.20. The van der Waals surface area contributed by atoms with Gasteiger partial charge in [-0.3, -0.25) is 0 Å². The van der Waals surface area contributed by atoms with E-state index in [-0.39, 0.29) is 5.54 Å². The van der Waals surface area contributed by atoms with Crippen LogP contribution < -0.4 is 5.32 Å². The monoisotopic (exact) mass is 318 g/mol. The van der Waals surface area contributed by atoms with Crippen LogP contribution in [0.1, 0.15) is 19.4 Å². The van der Waals surface area contributed by atoms with Crippen molar-refractivity contribution in [2.24, 2.45) is 0 Å². The zero-order valence-corrected chi connectivity index (χ0v) is 14.3. The van der Waals surface area contributed by atoms with E-state index in [1.165, 1.54) is 6.26 Å². The topological polar surface area (TPSA) is 49.4 Å². The van der Waals surface area contributed by atoms with Gasteiger partial charge in [0.1, 0.15) is 0 Å². The van der Waals surface area contributed by atoms with Gasteiger partial charge >= 0.3 is 0 Å². The van der Waals surface area contributed by atoms with E-state index in [4.69, 9.17) is 11.6 Å². The van der Waals surface area contributed by atoms with Gasteiger partial charge in [0, 0.05) is 35.5 Å². The molecule has 20 heavy (non-hydrogen) atoms. The van der Waals surface area contributed by atoms with Gasteiger partial charge in [0.2, 0.25) is 0 Å². The van der Waals surface area contributed by atoms with E-state index in [1.807, 2.05) is 14.1 Å². The van der Waals surface area contributed by atoms with Crippen molar-refractivity contribution in [2.75, 3.05) is 26.9 Å². The molecule has 0 saturated carbocycles. The molecule has 0 bridgehead atoms. The van der Waals surface area contributed by atoms with Crippen molar-refractivity contribution in [1.82, 2.24) is 10.2 Å². The van der Waals surface area contributed by atoms with Crippen LogP contribution in [-0.2, 0) is 16.4 Å². The third kappa shape index (κ3) is 4.45. The molecule has 6 heteroatoms. The Morgan fingerprint density at radius 1 is 1.30 bits per heavy atom. The molecule has 0 aliphatic carbocycles. The zero-order chi connectivity index (χ0) is 15.6. The number of rotatable bonds is 6. The summed E-state index contributed by atoms with van der Waals surface area (Å²) in [5.74, 6) is 0. The molecule has 1 aromatic carbocycles. The number of benzene rings is 1. The molecule has 0 aliphatic heterocycles. The van der Waals surface area contributed by atoms with E-state index in [9.17, 15) is 8.42 Å². The SMILES string of the molecule is CN(C)C(C)(C)CNCc1c(Cl)cccc1S(C)(=O)=O. The maximum absolute atomic E-state index is 11.8. The summed E-state index contributed by atoms with van der Waals surface area (Å²) in [5, 5.41) is 3.76. The van der Waals surface area contributed by atoms with Crippen molar-refractivity contribution >= 4 is 21.4 Å². The summed E-state index contributed by atoms with van der Waals surface area (Å²) in [4.78, 5) is 2.41.